The molecule has 0 N–H and O–H groups in total. The standard InChI is InChI=1S/C21H26F3NO5S/c1-13-10-15-16(11-14(13)2)20(12-17(15)30-31(27,28)21(22,23)24)6-8-25(9-7-20)18(26)29-19(3,4)5/h10-12H,6-9H2,1-5H3. The van der Waals surface area contributed by atoms with Crippen molar-refractivity contribution in [3.8, 4) is 0 Å². The number of ether oxygens (including phenoxy) is 1. The first-order valence-corrected chi connectivity index (χ1v) is 11.3. The number of hydrogen-bond acceptors (Lipinski definition) is 5. The monoisotopic (exact) mass is 461 g/mol. The average molecular weight is 462 g/mol. The Labute approximate surface area is 180 Å². The Balaban J connectivity index is 1.94. The van der Waals surface area contributed by atoms with Crippen LogP contribution < -0.4 is 0 Å². The third-order valence-corrected chi connectivity index (χ3v) is 6.60. The van der Waals surface area contributed by atoms with Crippen LogP contribution in [-0.4, -0.2) is 43.6 Å². The van der Waals surface area contributed by atoms with E-state index in [1.54, 1.807) is 38.7 Å². The molecule has 3 rings (SSSR count). The zero-order valence-electron chi connectivity index (χ0n) is 18.1. The molecule has 1 aromatic rings. The molecule has 1 heterocycles. The second-order valence-electron chi connectivity index (χ2n) is 9.10. The summed E-state index contributed by atoms with van der Waals surface area (Å²) in [5.74, 6) is -0.318. The van der Waals surface area contributed by atoms with E-state index in [1.165, 1.54) is 6.08 Å². The van der Waals surface area contributed by atoms with Crippen LogP contribution in [-0.2, 0) is 24.5 Å². The minimum atomic E-state index is -5.80. The molecule has 0 saturated carbocycles. The molecule has 31 heavy (non-hydrogen) atoms. The topological polar surface area (TPSA) is 72.9 Å². The van der Waals surface area contributed by atoms with Crippen molar-refractivity contribution in [3.63, 3.8) is 0 Å². The number of alkyl halides is 3. The van der Waals surface area contributed by atoms with E-state index in [4.69, 9.17) is 4.74 Å². The van der Waals surface area contributed by atoms with Crippen LogP contribution in [0, 0.1) is 13.8 Å². The predicted molar refractivity (Wildman–Crippen MR) is 109 cm³/mol. The normalized spacial score (nSPS) is 18.6. The fourth-order valence-corrected chi connectivity index (χ4v) is 4.37. The molecular formula is C21H26F3NO5S. The lowest BCUT2D eigenvalue weighted by molar-refractivity contribution is -0.0509. The van der Waals surface area contributed by atoms with Crippen LogP contribution in [0.25, 0.3) is 5.76 Å². The van der Waals surface area contributed by atoms with Crippen LogP contribution >= 0.6 is 0 Å². The van der Waals surface area contributed by atoms with Crippen LogP contribution in [0.3, 0.4) is 0 Å². The summed E-state index contributed by atoms with van der Waals surface area (Å²) in [5.41, 5.74) is -4.10. The molecular weight excluding hydrogens is 435 g/mol. The molecule has 1 aliphatic carbocycles. The number of amides is 1. The van der Waals surface area contributed by atoms with Gasteiger partial charge >= 0.3 is 21.7 Å². The summed E-state index contributed by atoms with van der Waals surface area (Å²) < 4.78 is 72.0. The number of piperidine rings is 1. The second kappa shape index (κ2) is 7.43. The van der Waals surface area contributed by atoms with Crippen LogP contribution in [0.5, 0.6) is 0 Å². The van der Waals surface area contributed by atoms with E-state index in [0.717, 1.165) is 11.1 Å². The lowest BCUT2D eigenvalue weighted by atomic mass is 9.74. The summed E-state index contributed by atoms with van der Waals surface area (Å²) in [4.78, 5) is 13.9. The largest absolute Gasteiger partial charge is 0.534 e. The van der Waals surface area contributed by atoms with Gasteiger partial charge in [0.1, 0.15) is 11.4 Å². The van der Waals surface area contributed by atoms with Crippen LogP contribution in [0.4, 0.5) is 18.0 Å². The summed E-state index contributed by atoms with van der Waals surface area (Å²) in [7, 11) is -5.80. The van der Waals surface area contributed by atoms with Crippen molar-refractivity contribution in [2.24, 2.45) is 0 Å². The number of rotatable bonds is 2. The first-order chi connectivity index (χ1) is 14.0. The highest BCUT2D eigenvalue weighted by atomic mass is 32.2. The third kappa shape index (κ3) is 4.53. The lowest BCUT2D eigenvalue weighted by Gasteiger charge is -2.39. The van der Waals surface area contributed by atoms with E-state index < -0.39 is 32.7 Å². The quantitative estimate of drug-likeness (QED) is 0.468. The highest BCUT2D eigenvalue weighted by Crippen LogP contribution is 2.49. The number of aryl methyl sites for hydroxylation is 2. The minimum absolute atomic E-state index is 0.317. The molecule has 1 saturated heterocycles. The van der Waals surface area contributed by atoms with Gasteiger partial charge in [-0.1, -0.05) is 6.07 Å². The molecule has 1 spiro atoms. The maximum Gasteiger partial charge on any atom is 0.534 e. The van der Waals surface area contributed by atoms with Gasteiger partial charge in [-0.15, -0.1) is 0 Å². The first-order valence-electron chi connectivity index (χ1n) is 9.88. The van der Waals surface area contributed by atoms with Gasteiger partial charge in [0.05, 0.1) is 0 Å². The molecule has 10 heteroatoms. The number of fused-ring (bicyclic) bond motifs is 2. The maximum atomic E-state index is 12.9. The van der Waals surface area contributed by atoms with Crippen LogP contribution in [0.15, 0.2) is 18.2 Å². The molecule has 0 unspecified atom stereocenters. The summed E-state index contributed by atoms with van der Waals surface area (Å²) in [5, 5.41) is 0. The maximum absolute atomic E-state index is 12.9. The molecule has 1 aliphatic heterocycles. The first kappa shape index (κ1) is 23.4. The van der Waals surface area contributed by atoms with E-state index >= 15 is 0 Å². The number of halogens is 3. The lowest BCUT2D eigenvalue weighted by Crippen LogP contribution is -2.45. The Morgan fingerprint density at radius 1 is 1.06 bits per heavy atom. The van der Waals surface area contributed by atoms with E-state index in [0.29, 0.717) is 37.1 Å². The smallest absolute Gasteiger partial charge is 0.444 e. The number of carbonyl (C=O) groups excluding carboxylic acids is 1. The number of benzene rings is 1. The van der Waals surface area contributed by atoms with Crippen molar-refractivity contribution in [3.05, 3.63) is 40.5 Å². The van der Waals surface area contributed by atoms with Crippen molar-refractivity contribution in [2.75, 3.05) is 13.1 Å². The molecule has 172 valence electrons. The Kier molecular flexibility index (Phi) is 5.61. The van der Waals surface area contributed by atoms with Crippen LogP contribution in [0.2, 0.25) is 0 Å². The number of carbonyl (C=O) groups is 1. The number of hydrogen-bond donors (Lipinski definition) is 0. The minimum Gasteiger partial charge on any atom is -0.444 e. The molecule has 2 aliphatic rings. The Morgan fingerprint density at radius 2 is 1.61 bits per heavy atom. The predicted octanol–water partition coefficient (Wildman–Crippen LogP) is 4.79. The summed E-state index contributed by atoms with van der Waals surface area (Å²) in [6.07, 6.45) is 1.81. The molecule has 1 fully saturated rings. The van der Waals surface area contributed by atoms with Gasteiger partial charge in [-0.25, -0.2) is 4.79 Å². The van der Waals surface area contributed by atoms with Crippen LogP contribution in [0.1, 0.15) is 55.9 Å². The third-order valence-electron chi connectivity index (χ3n) is 5.63. The number of likely N-dealkylation sites (tertiary alicyclic amines) is 1. The molecule has 6 nitrogen and oxygen atoms in total. The van der Waals surface area contributed by atoms with Crippen molar-refractivity contribution >= 4 is 22.0 Å². The van der Waals surface area contributed by atoms with Gasteiger partial charge in [-0.3, -0.25) is 0 Å². The van der Waals surface area contributed by atoms with Gasteiger partial charge in [0.25, 0.3) is 0 Å². The number of nitrogens with zero attached hydrogens (tertiary/aromatic N) is 1. The molecule has 0 radical (unpaired) electrons. The van der Waals surface area contributed by atoms with E-state index in [2.05, 4.69) is 4.18 Å². The Hall–Kier alpha value is -2.23. The summed E-state index contributed by atoms with van der Waals surface area (Å²) >= 11 is 0. The molecule has 0 bridgehead atoms. The average Bonchev–Trinajstić information content (AvgIpc) is 2.86. The van der Waals surface area contributed by atoms with Gasteiger partial charge in [0.15, 0.2) is 0 Å². The highest BCUT2D eigenvalue weighted by molar-refractivity contribution is 7.87. The second-order valence-corrected chi connectivity index (χ2v) is 10.6. The van der Waals surface area contributed by atoms with Gasteiger partial charge < -0.3 is 13.8 Å². The molecule has 1 aromatic carbocycles. The van der Waals surface area contributed by atoms with Gasteiger partial charge in [0, 0.05) is 24.1 Å². The fraction of sp³-hybridized carbons (Fsp3) is 0.571. The zero-order chi connectivity index (χ0) is 23.4. The van der Waals surface area contributed by atoms with Gasteiger partial charge in [-0.05, 0) is 76.3 Å². The van der Waals surface area contributed by atoms with Crippen molar-refractivity contribution in [2.45, 2.75) is 64.0 Å². The Bertz CT molecular complexity index is 1030. The summed E-state index contributed by atoms with van der Waals surface area (Å²) in [6.45, 7) is 9.60. The molecule has 0 atom stereocenters. The van der Waals surface area contributed by atoms with Gasteiger partial charge in [-0.2, -0.15) is 21.6 Å². The number of allylic oxidation sites excluding steroid dienone is 1. The van der Waals surface area contributed by atoms with E-state index in [1.807, 2.05) is 13.0 Å². The molecule has 0 aromatic heterocycles. The SMILES string of the molecule is Cc1cc2c(cc1C)C1(C=C2OS(=O)(=O)C(F)(F)F)CCN(C(=O)OC(C)(C)C)CC1. The van der Waals surface area contributed by atoms with Crippen molar-refractivity contribution in [1.82, 2.24) is 4.90 Å². The highest BCUT2D eigenvalue weighted by Gasteiger charge is 2.51. The Morgan fingerprint density at radius 3 is 2.13 bits per heavy atom. The van der Waals surface area contributed by atoms with Gasteiger partial charge in [0.2, 0.25) is 0 Å². The van der Waals surface area contributed by atoms with Crippen molar-refractivity contribution < 1.29 is 35.3 Å². The fourth-order valence-electron chi connectivity index (χ4n) is 3.90. The van der Waals surface area contributed by atoms with E-state index in [9.17, 15) is 26.4 Å². The zero-order valence-corrected chi connectivity index (χ0v) is 18.9. The summed E-state index contributed by atoms with van der Waals surface area (Å²) in [6, 6.07) is 3.51. The van der Waals surface area contributed by atoms with Crippen molar-refractivity contribution in [1.29, 1.82) is 0 Å². The van der Waals surface area contributed by atoms with E-state index in [-0.39, 0.29) is 5.76 Å². The molecule has 1 amide bonds.